The number of rotatable bonds is 7. The van der Waals surface area contributed by atoms with Gasteiger partial charge < -0.3 is 10.2 Å². The number of hydrogen-bond donors (Lipinski definition) is 1. The number of amides is 1. The van der Waals surface area contributed by atoms with E-state index in [1.807, 2.05) is 24.3 Å². The van der Waals surface area contributed by atoms with Gasteiger partial charge in [-0.3, -0.25) is 9.69 Å². The predicted octanol–water partition coefficient (Wildman–Crippen LogP) is 6.82. The maximum atomic E-state index is 13.3. The monoisotopic (exact) mass is 469 g/mol. The summed E-state index contributed by atoms with van der Waals surface area (Å²) in [5, 5.41) is 3.11. The minimum absolute atomic E-state index is 0.0806. The molecule has 0 atom stereocenters. The topological polar surface area (TPSA) is 35.6 Å². The van der Waals surface area contributed by atoms with Crippen molar-refractivity contribution in [2.24, 2.45) is 5.92 Å². The van der Waals surface area contributed by atoms with Crippen LogP contribution in [0.3, 0.4) is 0 Å². The van der Waals surface area contributed by atoms with E-state index in [-0.39, 0.29) is 5.91 Å². The highest BCUT2D eigenvalue weighted by Crippen LogP contribution is 2.28. The number of nitrogens with zero attached hydrogens (tertiary/aromatic N) is 2. The van der Waals surface area contributed by atoms with Crippen molar-refractivity contribution in [3.63, 3.8) is 0 Å². The first-order valence-electron chi connectivity index (χ1n) is 12.9. The van der Waals surface area contributed by atoms with Crippen LogP contribution in [-0.4, -0.2) is 43.5 Å². The molecule has 4 nitrogen and oxygen atoms in total. The zero-order valence-electron chi connectivity index (χ0n) is 21.8. The second-order valence-electron chi connectivity index (χ2n) is 10.5. The van der Waals surface area contributed by atoms with E-state index in [1.54, 1.807) is 0 Å². The molecule has 0 aliphatic carbocycles. The summed E-state index contributed by atoms with van der Waals surface area (Å²) in [6, 6.07) is 22.9. The van der Waals surface area contributed by atoms with Gasteiger partial charge in [0.1, 0.15) is 0 Å². The molecule has 4 heteroatoms. The largest absolute Gasteiger partial charge is 0.369 e. The number of hydrogen-bond acceptors (Lipinski definition) is 3. The van der Waals surface area contributed by atoms with Crippen LogP contribution in [0.15, 0.2) is 66.7 Å². The summed E-state index contributed by atoms with van der Waals surface area (Å²) in [5.74, 6) is 1.11. The summed E-state index contributed by atoms with van der Waals surface area (Å²) < 4.78 is 0. The van der Waals surface area contributed by atoms with Gasteiger partial charge in [0.25, 0.3) is 5.91 Å². The first kappa shape index (κ1) is 25.0. The van der Waals surface area contributed by atoms with Crippen LogP contribution in [0, 0.1) is 12.8 Å². The molecule has 3 aromatic carbocycles. The molecule has 0 bridgehead atoms. The summed E-state index contributed by atoms with van der Waals surface area (Å²) >= 11 is 0. The lowest BCUT2D eigenvalue weighted by molar-refractivity contribution is 0.102. The van der Waals surface area contributed by atoms with E-state index in [9.17, 15) is 4.79 Å². The summed E-state index contributed by atoms with van der Waals surface area (Å²) in [4.78, 5) is 18.3. The van der Waals surface area contributed by atoms with Crippen molar-refractivity contribution >= 4 is 17.3 Å². The lowest BCUT2D eigenvalue weighted by Crippen LogP contribution is -2.47. The molecular formula is C31H39N3O. The van der Waals surface area contributed by atoms with Crippen LogP contribution >= 0.6 is 0 Å². The maximum Gasteiger partial charge on any atom is 0.256 e. The molecule has 1 aliphatic heterocycles. The number of aryl methyl sites for hydroxylation is 1. The number of carbonyl (C=O) groups is 1. The van der Waals surface area contributed by atoms with E-state index >= 15 is 0 Å². The number of nitrogens with one attached hydrogen (secondary N) is 1. The first-order chi connectivity index (χ1) is 16.8. The summed E-state index contributed by atoms with van der Waals surface area (Å²) in [5.41, 5.74) is 7.20. The molecule has 4 rings (SSSR count). The predicted molar refractivity (Wildman–Crippen MR) is 149 cm³/mol. The number of piperazine rings is 1. The van der Waals surface area contributed by atoms with Gasteiger partial charge in [0.2, 0.25) is 0 Å². The van der Waals surface area contributed by atoms with Crippen LogP contribution in [0.5, 0.6) is 0 Å². The van der Waals surface area contributed by atoms with Crippen molar-refractivity contribution in [2.45, 2.75) is 40.5 Å². The number of anilines is 2. The molecule has 1 N–H and O–H groups in total. The van der Waals surface area contributed by atoms with E-state index in [0.29, 0.717) is 17.4 Å². The van der Waals surface area contributed by atoms with E-state index in [0.717, 1.165) is 48.6 Å². The third-order valence-corrected chi connectivity index (χ3v) is 6.79. The highest BCUT2D eigenvalue weighted by Gasteiger charge is 2.18. The lowest BCUT2D eigenvalue weighted by atomic mass is 9.94. The standard InChI is InChI=1S/C31H39N3O/c1-22(2)21-33-16-18-34(19-17-33)28-13-11-27(12-14-28)32-31(35)29-15-6-24(5)20-30(29)26-9-7-25(8-10-26)23(3)4/h6-15,20,22-23H,16-19,21H2,1-5H3,(H,32,35). The Balaban J connectivity index is 1.45. The molecule has 0 unspecified atom stereocenters. The van der Waals surface area contributed by atoms with Crippen LogP contribution in [-0.2, 0) is 0 Å². The molecule has 0 spiro atoms. The molecule has 0 saturated carbocycles. The average Bonchev–Trinajstić information content (AvgIpc) is 2.84. The molecule has 184 valence electrons. The molecule has 35 heavy (non-hydrogen) atoms. The minimum atomic E-state index is -0.0806. The molecule has 1 fully saturated rings. The normalized spacial score (nSPS) is 14.5. The van der Waals surface area contributed by atoms with Crippen molar-refractivity contribution in [2.75, 3.05) is 42.9 Å². The Morgan fingerprint density at radius 3 is 2.11 bits per heavy atom. The second-order valence-corrected chi connectivity index (χ2v) is 10.5. The zero-order chi connectivity index (χ0) is 24.9. The first-order valence-corrected chi connectivity index (χ1v) is 12.9. The molecule has 3 aromatic rings. The van der Waals surface area contributed by atoms with Gasteiger partial charge in [-0.2, -0.15) is 0 Å². The molecule has 1 heterocycles. The van der Waals surface area contributed by atoms with Crippen LogP contribution in [0.1, 0.15) is 55.1 Å². The Morgan fingerprint density at radius 1 is 0.857 bits per heavy atom. The Labute approximate surface area is 211 Å². The molecule has 1 saturated heterocycles. The second kappa shape index (κ2) is 11.1. The van der Waals surface area contributed by atoms with Crippen molar-refractivity contribution in [1.82, 2.24) is 4.90 Å². The number of carbonyl (C=O) groups excluding carboxylic acids is 1. The smallest absolute Gasteiger partial charge is 0.256 e. The quantitative estimate of drug-likeness (QED) is 0.413. The average molecular weight is 470 g/mol. The zero-order valence-corrected chi connectivity index (χ0v) is 21.8. The molecule has 1 aliphatic rings. The van der Waals surface area contributed by atoms with Gasteiger partial charge in [0.15, 0.2) is 0 Å². The van der Waals surface area contributed by atoms with Gasteiger partial charge in [-0.25, -0.2) is 0 Å². The Bertz CT molecular complexity index is 1120. The van der Waals surface area contributed by atoms with Crippen LogP contribution in [0.4, 0.5) is 11.4 Å². The Kier molecular flexibility index (Phi) is 7.92. The van der Waals surface area contributed by atoms with Crippen molar-refractivity contribution in [3.8, 4) is 11.1 Å². The van der Waals surface area contributed by atoms with Gasteiger partial charge in [-0.15, -0.1) is 0 Å². The summed E-state index contributed by atoms with van der Waals surface area (Å²) in [7, 11) is 0. The SMILES string of the molecule is Cc1ccc(C(=O)Nc2ccc(N3CCN(CC(C)C)CC3)cc2)c(-c2ccc(C(C)C)cc2)c1. The fraction of sp³-hybridized carbons (Fsp3) is 0.387. The summed E-state index contributed by atoms with van der Waals surface area (Å²) in [6.45, 7) is 16.5. The van der Waals surface area contributed by atoms with E-state index in [4.69, 9.17) is 0 Å². The Morgan fingerprint density at radius 2 is 1.51 bits per heavy atom. The third kappa shape index (κ3) is 6.32. The lowest BCUT2D eigenvalue weighted by Gasteiger charge is -2.36. The van der Waals surface area contributed by atoms with Crippen LogP contribution in [0.25, 0.3) is 11.1 Å². The minimum Gasteiger partial charge on any atom is -0.369 e. The third-order valence-electron chi connectivity index (χ3n) is 6.79. The molecule has 0 aromatic heterocycles. The van der Waals surface area contributed by atoms with E-state index in [1.165, 1.54) is 17.8 Å². The van der Waals surface area contributed by atoms with Crippen molar-refractivity contribution in [1.29, 1.82) is 0 Å². The van der Waals surface area contributed by atoms with Crippen molar-refractivity contribution in [3.05, 3.63) is 83.4 Å². The van der Waals surface area contributed by atoms with Crippen LogP contribution in [0.2, 0.25) is 0 Å². The highest BCUT2D eigenvalue weighted by molar-refractivity contribution is 6.08. The van der Waals surface area contributed by atoms with Crippen LogP contribution < -0.4 is 10.2 Å². The maximum absolute atomic E-state index is 13.3. The van der Waals surface area contributed by atoms with E-state index in [2.05, 4.69) is 92.2 Å². The fourth-order valence-electron chi connectivity index (χ4n) is 4.80. The summed E-state index contributed by atoms with van der Waals surface area (Å²) in [6.07, 6.45) is 0. The molecule has 0 radical (unpaired) electrons. The number of benzene rings is 3. The molecule has 1 amide bonds. The molecular weight excluding hydrogens is 430 g/mol. The highest BCUT2D eigenvalue weighted by atomic mass is 16.1. The van der Waals surface area contributed by atoms with Crippen molar-refractivity contribution < 1.29 is 4.79 Å². The van der Waals surface area contributed by atoms with Gasteiger partial charge in [-0.1, -0.05) is 69.7 Å². The fourth-order valence-corrected chi connectivity index (χ4v) is 4.80. The van der Waals surface area contributed by atoms with Gasteiger partial charge in [0.05, 0.1) is 0 Å². The van der Waals surface area contributed by atoms with E-state index < -0.39 is 0 Å². The Hall–Kier alpha value is -3.11. The van der Waals surface area contributed by atoms with Gasteiger partial charge >= 0.3 is 0 Å². The van der Waals surface area contributed by atoms with Gasteiger partial charge in [-0.05, 0) is 65.8 Å². The van der Waals surface area contributed by atoms with Gasteiger partial charge in [0, 0.05) is 49.7 Å².